The number of carbonyl (C=O) groups excluding carboxylic acids is 1. The summed E-state index contributed by atoms with van der Waals surface area (Å²) < 4.78 is 2.13. The minimum atomic E-state index is -0.297. The molecule has 0 saturated carbocycles. The predicted molar refractivity (Wildman–Crippen MR) is 112 cm³/mol. The van der Waals surface area contributed by atoms with E-state index in [0.29, 0.717) is 12.2 Å². The summed E-state index contributed by atoms with van der Waals surface area (Å²) >= 11 is 0. The van der Waals surface area contributed by atoms with Gasteiger partial charge in [0.1, 0.15) is 11.6 Å². The van der Waals surface area contributed by atoms with Gasteiger partial charge in [0, 0.05) is 18.3 Å². The third-order valence-electron chi connectivity index (χ3n) is 5.47. The molecular weight excluding hydrogens is 376 g/mol. The summed E-state index contributed by atoms with van der Waals surface area (Å²) in [6.07, 6.45) is 4.07. The fourth-order valence-electron chi connectivity index (χ4n) is 4.01. The number of hydrogen-bond donors (Lipinski definition) is 2. The zero-order valence-corrected chi connectivity index (χ0v) is 16.7. The summed E-state index contributed by atoms with van der Waals surface area (Å²) in [5.41, 5.74) is 4.53. The van der Waals surface area contributed by atoms with Crippen LogP contribution < -0.4 is 5.32 Å². The Balaban J connectivity index is 1.37. The van der Waals surface area contributed by atoms with E-state index in [1.165, 1.54) is 5.56 Å². The van der Waals surface area contributed by atoms with Crippen molar-refractivity contribution in [3.05, 3.63) is 95.1 Å². The molecule has 1 atom stereocenters. The minimum absolute atomic E-state index is 0.150. The molecule has 4 aromatic rings. The lowest BCUT2D eigenvalue weighted by Crippen LogP contribution is -2.31. The van der Waals surface area contributed by atoms with E-state index in [9.17, 15) is 4.79 Å². The Morgan fingerprint density at radius 2 is 1.97 bits per heavy atom. The molecule has 2 aromatic carbocycles. The number of aromatic amines is 1. The number of carbonyl (C=O) groups is 1. The molecule has 0 bridgehead atoms. The Kier molecular flexibility index (Phi) is 4.63. The summed E-state index contributed by atoms with van der Waals surface area (Å²) in [7, 11) is 0. The second-order valence-corrected chi connectivity index (χ2v) is 7.55. The van der Waals surface area contributed by atoms with Crippen LogP contribution in [0.2, 0.25) is 0 Å². The van der Waals surface area contributed by atoms with E-state index >= 15 is 0 Å². The molecule has 7 nitrogen and oxygen atoms in total. The number of aryl methyl sites for hydroxylation is 2. The highest BCUT2D eigenvalue weighted by Crippen LogP contribution is 2.30. The van der Waals surface area contributed by atoms with Crippen molar-refractivity contribution in [1.29, 1.82) is 0 Å². The molecule has 0 radical (unpaired) electrons. The van der Waals surface area contributed by atoms with Gasteiger partial charge in [-0.15, -0.1) is 5.10 Å². The van der Waals surface area contributed by atoms with E-state index in [-0.39, 0.29) is 17.8 Å². The highest BCUT2D eigenvalue weighted by atomic mass is 16.2. The van der Waals surface area contributed by atoms with Crippen LogP contribution in [0.3, 0.4) is 0 Å². The number of amides is 1. The molecule has 0 spiro atoms. The van der Waals surface area contributed by atoms with Gasteiger partial charge in [-0.2, -0.15) is 0 Å². The third-order valence-corrected chi connectivity index (χ3v) is 5.47. The lowest BCUT2D eigenvalue weighted by molar-refractivity contribution is 0.0922. The van der Waals surface area contributed by atoms with Crippen molar-refractivity contribution < 1.29 is 4.79 Å². The van der Waals surface area contributed by atoms with E-state index in [1.54, 1.807) is 0 Å². The van der Waals surface area contributed by atoms with Crippen LogP contribution in [0.1, 0.15) is 51.6 Å². The van der Waals surface area contributed by atoms with Crippen LogP contribution in [-0.2, 0) is 12.8 Å². The number of nitrogens with zero attached hydrogens (tertiary/aromatic N) is 4. The second-order valence-electron chi connectivity index (χ2n) is 7.55. The van der Waals surface area contributed by atoms with Crippen LogP contribution in [-0.4, -0.2) is 30.6 Å². The Bertz CT molecular complexity index is 1190. The fraction of sp³-hybridized carbons (Fsp3) is 0.217. The van der Waals surface area contributed by atoms with Crippen molar-refractivity contribution in [2.75, 3.05) is 0 Å². The minimum Gasteiger partial charge on any atom is -0.339 e. The zero-order chi connectivity index (χ0) is 20.5. The van der Waals surface area contributed by atoms with Crippen molar-refractivity contribution in [2.24, 2.45) is 0 Å². The van der Waals surface area contributed by atoms with Crippen LogP contribution in [0.4, 0.5) is 0 Å². The van der Waals surface area contributed by atoms with Gasteiger partial charge in [0.25, 0.3) is 5.91 Å². The van der Waals surface area contributed by atoms with E-state index < -0.39 is 0 Å². The molecule has 0 saturated heterocycles. The van der Waals surface area contributed by atoms with E-state index in [0.717, 1.165) is 35.6 Å². The van der Waals surface area contributed by atoms with E-state index in [4.69, 9.17) is 0 Å². The van der Waals surface area contributed by atoms with Crippen molar-refractivity contribution in [3.63, 3.8) is 0 Å². The van der Waals surface area contributed by atoms with E-state index in [2.05, 4.69) is 42.2 Å². The van der Waals surface area contributed by atoms with Gasteiger partial charge in [-0.1, -0.05) is 48.5 Å². The van der Waals surface area contributed by atoms with Gasteiger partial charge >= 0.3 is 0 Å². The maximum atomic E-state index is 12.9. The number of imidazole rings is 1. The maximum Gasteiger partial charge on any atom is 0.291 e. The molecule has 150 valence electrons. The van der Waals surface area contributed by atoms with Crippen LogP contribution in [0.25, 0.3) is 5.69 Å². The van der Waals surface area contributed by atoms with Crippen LogP contribution in [0.5, 0.6) is 0 Å². The molecule has 5 rings (SSSR count). The largest absolute Gasteiger partial charge is 0.339 e. The first-order valence-electron chi connectivity index (χ1n) is 10.1. The van der Waals surface area contributed by atoms with Gasteiger partial charge in [-0.3, -0.25) is 14.5 Å². The van der Waals surface area contributed by atoms with Crippen molar-refractivity contribution in [2.45, 2.75) is 32.2 Å². The van der Waals surface area contributed by atoms with Crippen LogP contribution in [0.15, 0.2) is 60.8 Å². The number of benzene rings is 2. The molecule has 3 heterocycles. The van der Waals surface area contributed by atoms with Gasteiger partial charge < -0.3 is 5.32 Å². The number of hydrogen-bond acceptors (Lipinski definition) is 4. The standard InChI is InChI=1S/C23H22N6O/c1-15-14-24-22-18(12-11-17-9-5-6-10-19(17)29(15)22)25-23(30)21-26-20(27-28-21)13-16-7-3-2-4-8-16/h2-10,14,18H,11-13H2,1H3,(H,25,30)(H,26,27,28). The Hall–Kier alpha value is -3.74. The number of nitrogens with one attached hydrogen (secondary N) is 2. The lowest BCUT2D eigenvalue weighted by atomic mass is 10.1. The monoisotopic (exact) mass is 398 g/mol. The number of fused-ring (bicyclic) bond motifs is 3. The van der Waals surface area contributed by atoms with Crippen molar-refractivity contribution in [1.82, 2.24) is 30.0 Å². The Morgan fingerprint density at radius 3 is 2.83 bits per heavy atom. The first-order chi connectivity index (χ1) is 14.7. The topological polar surface area (TPSA) is 88.5 Å². The van der Waals surface area contributed by atoms with Gasteiger partial charge in [0.2, 0.25) is 5.82 Å². The Morgan fingerprint density at radius 1 is 1.17 bits per heavy atom. The van der Waals surface area contributed by atoms with Gasteiger partial charge in [0.05, 0.1) is 11.7 Å². The smallest absolute Gasteiger partial charge is 0.291 e. The molecule has 1 aliphatic rings. The van der Waals surface area contributed by atoms with Gasteiger partial charge in [-0.25, -0.2) is 9.97 Å². The zero-order valence-electron chi connectivity index (χ0n) is 16.7. The predicted octanol–water partition coefficient (Wildman–Crippen LogP) is 3.31. The van der Waals surface area contributed by atoms with Crippen LogP contribution >= 0.6 is 0 Å². The molecule has 30 heavy (non-hydrogen) atoms. The number of H-pyrrole nitrogens is 1. The molecule has 1 amide bonds. The summed E-state index contributed by atoms with van der Waals surface area (Å²) in [6.45, 7) is 2.03. The average Bonchev–Trinajstić information content (AvgIpc) is 3.35. The molecule has 2 N–H and O–H groups in total. The van der Waals surface area contributed by atoms with Crippen molar-refractivity contribution in [3.8, 4) is 5.69 Å². The van der Waals surface area contributed by atoms with Gasteiger partial charge in [-0.05, 0) is 37.0 Å². The highest BCUT2D eigenvalue weighted by Gasteiger charge is 2.27. The number of rotatable bonds is 4. The third kappa shape index (κ3) is 3.39. The average molecular weight is 398 g/mol. The lowest BCUT2D eigenvalue weighted by Gasteiger charge is -2.16. The summed E-state index contributed by atoms with van der Waals surface area (Å²) in [6, 6.07) is 18.1. The molecule has 7 heteroatoms. The Labute approximate surface area is 174 Å². The van der Waals surface area contributed by atoms with Crippen molar-refractivity contribution >= 4 is 5.91 Å². The summed E-state index contributed by atoms with van der Waals surface area (Å²) in [4.78, 5) is 21.9. The molecule has 1 unspecified atom stereocenters. The molecule has 1 aliphatic heterocycles. The highest BCUT2D eigenvalue weighted by molar-refractivity contribution is 5.90. The summed E-state index contributed by atoms with van der Waals surface area (Å²) in [5.74, 6) is 1.36. The molecule has 0 fully saturated rings. The normalized spacial score (nSPS) is 15.2. The first kappa shape index (κ1) is 18.3. The maximum absolute atomic E-state index is 12.9. The molecular formula is C23H22N6O. The van der Waals surface area contributed by atoms with Crippen LogP contribution in [0, 0.1) is 6.92 Å². The number of aromatic nitrogens is 5. The molecule has 2 aromatic heterocycles. The quantitative estimate of drug-likeness (QED) is 0.552. The first-order valence-corrected chi connectivity index (χ1v) is 10.1. The molecule has 0 aliphatic carbocycles. The second kappa shape index (κ2) is 7.59. The summed E-state index contributed by atoms with van der Waals surface area (Å²) in [5, 5.41) is 10.1. The fourth-order valence-corrected chi connectivity index (χ4v) is 4.01. The van der Waals surface area contributed by atoms with E-state index in [1.807, 2.05) is 55.6 Å². The number of para-hydroxylation sites is 1. The SMILES string of the molecule is Cc1cnc2n1-c1ccccc1CCC2NC(=O)c1n[nH]c(Cc2ccccc2)n1. The van der Waals surface area contributed by atoms with Gasteiger partial charge in [0.15, 0.2) is 0 Å².